The van der Waals surface area contributed by atoms with E-state index in [1.165, 1.54) is 11.3 Å². The Labute approximate surface area is 154 Å². The second-order valence-electron chi connectivity index (χ2n) is 5.82. The molecule has 1 aliphatic rings. The molecular weight excluding hydrogens is 375 g/mol. The standard InChI is InChI=1S/C16H17Cl3N2OS/c1-20-7-9-3-2-4-21(8-9)16(22)15-14(19)13-11(18)5-10(17)6-12(13)23-15/h5-6,9,20H,2-4,7-8H2,1H3. The van der Waals surface area contributed by atoms with E-state index in [9.17, 15) is 4.79 Å². The van der Waals surface area contributed by atoms with Crippen LogP contribution < -0.4 is 5.32 Å². The van der Waals surface area contributed by atoms with Gasteiger partial charge in [-0.05, 0) is 44.5 Å². The first-order chi connectivity index (χ1) is 11.0. The van der Waals surface area contributed by atoms with E-state index >= 15 is 0 Å². The molecule has 1 unspecified atom stereocenters. The largest absolute Gasteiger partial charge is 0.338 e. The van der Waals surface area contributed by atoms with Gasteiger partial charge in [-0.2, -0.15) is 0 Å². The van der Waals surface area contributed by atoms with Gasteiger partial charge in [-0.3, -0.25) is 4.79 Å². The molecular formula is C16H17Cl3N2OS. The highest BCUT2D eigenvalue weighted by Crippen LogP contribution is 2.41. The highest BCUT2D eigenvalue weighted by Gasteiger charge is 2.28. The molecule has 1 amide bonds. The third-order valence-electron chi connectivity index (χ3n) is 4.14. The van der Waals surface area contributed by atoms with Crippen LogP contribution in [-0.2, 0) is 0 Å². The summed E-state index contributed by atoms with van der Waals surface area (Å²) in [5.41, 5.74) is 0. The molecule has 0 bridgehead atoms. The normalized spacial score (nSPS) is 18.6. The summed E-state index contributed by atoms with van der Waals surface area (Å²) in [5, 5.41) is 5.38. The number of hydrogen-bond donors (Lipinski definition) is 1. The van der Waals surface area contributed by atoms with E-state index in [0.717, 1.165) is 42.6 Å². The third-order valence-corrected chi connectivity index (χ3v) is 6.27. The van der Waals surface area contributed by atoms with Crippen molar-refractivity contribution >= 4 is 62.1 Å². The van der Waals surface area contributed by atoms with Crippen LogP contribution in [0.3, 0.4) is 0 Å². The van der Waals surface area contributed by atoms with Crippen LogP contribution in [0, 0.1) is 5.92 Å². The Hall–Kier alpha value is -0.520. The van der Waals surface area contributed by atoms with E-state index in [0.29, 0.717) is 25.9 Å². The maximum absolute atomic E-state index is 12.9. The molecule has 2 aromatic rings. The van der Waals surface area contributed by atoms with E-state index < -0.39 is 0 Å². The number of piperidine rings is 1. The number of rotatable bonds is 3. The Bertz CT molecular complexity index is 744. The lowest BCUT2D eigenvalue weighted by atomic mass is 9.98. The van der Waals surface area contributed by atoms with Crippen LogP contribution in [0.25, 0.3) is 10.1 Å². The quantitative estimate of drug-likeness (QED) is 0.804. The molecule has 1 fully saturated rings. The maximum Gasteiger partial charge on any atom is 0.265 e. The van der Waals surface area contributed by atoms with Crippen LogP contribution in [0.1, 0.15) is 22.5 Å². The summed E-state index contributed by atoms with van der Waals surface area (Å²) in [6, 6.07) is 3.46. The molecule has 7 heteroatoms. The Morgan fingerprint density at radius 1 is 1.39 bits per heavy atom. The van der Waals surface area contributed by atoms with Gasteiger partial charge in [0.15, 0.2) is 0 Å². The first-order valence-electron chi connectivity index (χ1n) is 7.52. The number of likely N-dealkylation sites (tertiary alicyclic amines) is 1. The first kappa shape index (κ1) is 17.3. The van der Waals surface area contributed by atoms with Crippen LogP contribution in [0.2, 0.25) is 15.1 Å². The minimum Gasteiger partial charge on any atom is -0.338 e. The van der Waals surface area contributed by atoms with Crippen molar-refractivity contribution < 1.29 is 4.79 Å². The number of nitrogens with zero attached hydrogens (tertiary/aromatic N) is 1. The Morgan fingerprint density at radius 2 is 2.17 bits per heavy atom. The van der Waals surface area contributed by atoms with Crippen LogP contribution >= 0.6 is 46.1 Å². The van der Waals surface area contributed by atoms with Gasteiger partial charge in [0.1, 0.15) is 4.88 Å². The molecule has 0 aliphatic carbocycles. The third kappa shape index (κ3) is 3.47. The number of hydrogen-bond acceptors (Lipinski definition) is 3. The zero-order valence-electron chi connectivity index (χ0n) is 12.7. The van der Waals surface area contributed by atoms with Crippen LogP contribution in [0.5, 0.6) is 0 Å². The molecule has 2 heterocycles. The number of carbonyl (C=O) groups excluding carboxylic acids is 1. The van der Waals surface area contributed by atoms with E-state index in [4.69, 9.17) is 34.8 Å². The predicted octanol–water partition coefficient (Wildman–Crippen LogP) is 4.93. The molecule has 1 atom stereocenters. The highest BCUT2D eigenvalue weighted by molar-refractivity contribution is 7.21. The lowest BCUT2D eigenvalue weighted by Crippen LogP contribution is -2.42. The summed E-state index contributed by atoms with van der Waals surface area (Å²) >= 11 is 20.1. The minimum absolute atomic E-state index is 0.0100. The Morgan fingerprint density at radius 3 is 2.91 bits per heavy atom. The fraction of sp³-hybridized carbons (Fsp3) is 0.438. The van der Waals surface area contributed by atoms with Crippen molar-refractivity contribution in [2.45, 2.75) is 12.8 Å². The lowest BCUT2D eigenvalue weighted by molar-refractivity contribution is 0.0679. The zero-order chi connectivity index (χ0) is 16.6. The van der Waals surface area contributed by atoms with Crippen molar-refractivity contribution in [3.05, 3.63) is 32.1 Å². The van der Waals surface area contributed by atoms with Gasteiger partial charge in [-0.1, -0.05) is 34.8 Å². The van der Waals surface area contributed by atoms with Gasteiger partial charge in [0.2, 0.25) is 0 Å². The van der Waals surface area contributed by atoms with Crippen LogP contribution in [0.4, 0.5) is 0 Å². The van der Waals surface area contributed by atoms with Crippen molar-refractivity contribution in [2.75, 3.05) is 26.7 Å². The fourth-order valence-electron chi connectivity index (χ4n) is 3.10. The van der Waals surface area contributed by atoms with E-state index in [1.54, 1.807) is 12.1 Å². The number of amides is 1. The maximum atomic E-state index is 12.9. The number of thiophene rings is 1. The molecule has 124 valence electrons. The van der Waals surface area contributed by atoms with Crippen LogP contribution in [0.15, 0.2) is 12.1 Å². The summed E-state index contributed by atoms with van der Waals surface area (Å²) in [4.78, 5) is 15.3. The molecule has 0 radical (unpaired) electrons. The average molecular weight is 392 g/mol. The van der Waals surface area contributed by atoms with Crippen molar-refractivity contribution in [1.29, 1.82) is 0 Å². The number of carbonyl (C=O) groups is 1. The smallest absolute Gasteiger partial charge is 0.265 e. The van der Waals surface area contributed by atoms with Gasteiger partial charge < -0.3 is 10.2 Å². The van der Waals surface area contributed by atoms with Gasteiger partial charge in [-0.25, -0.2) is 0 Å². The summed E-state index contributed by atoms with van der Waals surface area (Å²) in [6.07, 6.45) is 2.17. The predicted molar refractivity (Wildman–Crippen MR) is 99.4 cm³/mol. The van der Waals surface area contributed by atoms with Gasteiger partial charge in [0.25, 0.3) is 5.91 Å². The molecule has 1 aliphatic heterocycles. The fourth-order valence-corrected chi connectivity index (χ4v) is 5.44. The van der Waals surface area contributed by atoms with Gasteiger partial charge >= 0.3 is 0 Å². The highest BCUT2D eigenvalue weighted by atomic mass is 35.5. The minimum atomic E-state index is -0.0100. The van der Waals surface area contributed by atoms with E-state index in [1.807, 2.05) is 11.9 Å². The summed E-state index contributed by atoms with van der Waals surface area (Å²) < 4.78 is 0.847. The summed E-state index contributed by atoms with van der Waals surface area (Å²) in [7, 11) is 1.94. The molecule has 23 heavy (non-hydrogen) atoms. The number of halogens is 3. The summed E-state index contributed by atoms with van der Waals surface area (Å²) in [6.45, 7) is 2.46. The molecule has 3 rings (SSSR count). The second-order valence-corrected chi connectivity index (χ2v) is 8.10. The molecule has 1 saturated heterocycles. The van der Waals surface area contributed by atoms with Crippen LogP contribution in [-0.4, -0.2) is 37.5 Å². The monoisotopic (exact) mass is 390 g/mol. The SMILES string of the molecule is CNCC1CCCN(C(=O)c2sc3cc(Cl)cc(Cl)c3c2Cl)C1. The molecule has 0 spiro atoms. The van der Waals surface area contributed by atoms with Crippen molar-refractivity contribution in [2.24, 2.45) is 5.92 Å². The number of benzene rings is 1. The molecule has 1 N–H and O–H groups in total. The van der Waals surface area contributed by atoms with E-state index in [2.05, 4.69) is 5.32 Å². The van der Waals surface area contributed by atoms with Crippen molar-refractivity contribution in [1.82, 2.24) is 10.2 Å². The zero-order valence-corrected chi connectivity index (χ0v) is 15.7. The molecule has 3 nitrogen and oxygen atoms in total. The molecule has 1 aromatic carbocycles. The summed E-state index contributed by atoms with van der Waals surface area (Å²) in [5.74, 6) is 0.480. The Kier molecular flexibility index (Phi) is 5.39. The van der Waals surface area contributed by atoms with Gasteiger partial charge in [0.05, 0.1) is 10.0 Å². The molecule has 1 aromatic heterocycles. The van der Waals surface area contributed by atoms with Gasteiger partial charge in [0, 0.05) is 28.2 Å². The number of nitrogens with one attached hydrogen (secondary N) is 1. The number of fused-ring (bicyclic) bond motifs is 1. The Balaban J connectivity index is 1.92. The van der Waals surface area contributed by atoms with Gasteiger partial charge in [-0.15, -0.1) is 11.3 Å². The van der Waals surface area contributed by atoms with Crippen molar-refractivity contribution in [3.8, 4) is 0 Å². The second kappa shape index (κ2) is 7.16. The molecule has 0 saturated carbocycles. The van der Waals surface area contributed by atoms with Crippen molar-refractivity contribution in [3.63, 3.8) is 0 Å². The first-order valence-corrected chi connectivity index (χ1v) is 9.47. The average Bonchev–Trinajstić information content (AvgIpc) is 2.84. The topological polar surface area (TPSA) is 32.3 Å². The lowest BCUT2D eigenvalue weighted by Gasteiger charge is -2.32. The van der Waals surface area contributed by atoms with E-state index in [-0.39, 0.29) is 5.91 Å².